The molecule has 0 radical (unpaired) electrons. The van der Waals surface area contributed by atoms with Gasteiger partial charge < -0.3 is 5.32 Å². The standard InChI is InChI=1S/C12H12ClFN2S/c1-8-5-16-11(17-8)7-15-6-9-3-2-4-10(13)12(9)14/h2-5,15H,6-7H2,1H3. The molecule has 0 aliphatic heterocycles. The molecule has 0 unspecified atom stereocenters. The highest BCUT2D eigenvalue weighted by molar-refractivity contribution is 7.11. The Hall–Kier alpha value is -0.970. The van der Waals surface area contributed by atoms with Gasteiger partial charge in [-0.05, 0) is 13.0 Å². The molecular formula is C12H12ClFN2S. The minimum absolute atomic E-state index is 0.161. The highest BCUT2D eigenvalue weighted by atomic mass is 35.5. The minimum atomic E-state index is -0.350. The van der Waals surface area contributed by atoms with E-state index in [9.17, 15) is 4.39 Å². The zero-order valence-electron chi connectivity index (χ0n) is 9.34. The third-order valence-electron chi connectivity index (χ3n) is 2.29. The molecule has 2 rings (SSSR count). The third kappa shape index (κ3) is 3.25. The van der Waals surface area contributed by atoms with Gasteiger partial charge in [0.2, 0.25) is 0 Å². The van der Waals surface area contributed by atoms with Crippen LogP contribution in [0.5, 0.6) is 0 Å². The van der Waals surface area contributed by atoms with Gasteiger partial charge in [-0.25, -0.2) is 9.37 Å². The van der Waals surface area contributed by atoms with Gasteiger partial charge in [0.15, 0.2) is 0 Å². The first-order valence-corrected chi connectivity index (χ1v) is 6.41. The second-order valence-corrected chi connectivity index (χ2v) is 5.41. The number of nitrogens with one attached hydrogen (secondary N) is 1. The first-order chi connectivity index (χ1) is 8.16. The molecule has 0 atom stereocenters. The lowest BCUT2D eigenvalue weighted by Crippen LogP contribution is -2.13. The molecule has 0 aliphatic rings. The Kier molecular flexibility index (Phi) is 4.10. The fourth-order valence-electron chi connectivity index (χ4n) is 1.47. The van der Waals surface area contributed by atoms with Crippen molar-refractivity contribution < 1.29 is 4.39 Å². The average Bonchev–Trinajstić information content (AvgIpc) is 2.70. The van der Waals surface area contributed by atoms with Crippen LogP contribution in [0.4, 0.5) is 4.39 Å². The summed E-state index contributed by atoms with van der Waals surface area (Å²) in [7, 11) is 0. The quantitative estimate of drug-likeness (QED) is 0.919. The molecule has 0 fully saturated rings. The molecule has 90 valence electrons. The number of halogens is 2. The van der Waals surface area contributed by atoms with Crippen molar-refractivity contribution in [2.24, 2.45) is 0 Å². The predicted octanol–water partition coefficient (Wildman–Crippen LogP) is 3.53. The fraction of sp³-hybridized carbons (Fsp3) is 0.250. The van der Waals surface area contributed by atoms with Gasteiger partial charge in [-0.2, -0.15) is 0 Å². The number of thiazole rings is 1. The number of aromatic nitrogens is 1. The van der Waals surface area contributed by atoms with Gasteiger partial charge in [-0.3, -0.25) is 0 Å². The van der Waals surface area contributed by atoms with Crippen LogP contribution in [-0.2, 0) is 13.1 Å². The average molecular weight is 271 g/mol. The second-order valence-electron chi connectivity index (χ2n) is 3.68. The molecule has 0 saturated carbocycles. The molecule has 0 amide bonds. The number of hydrogen-bond acceptors (Lipinski definition) is 3. The monoisotopic (exact) mass is 270 g/mol. The molecule has 0 aliphatic carbocycles. The summed E-state index contributed by atoms with van der Waals surface area (Å²) >= 11 is 7.34. The number of nitrogens with zero attached hydrogens (tertiary/aromatic N) is 1. The van der Waals surface area contributed by atoms with Crippen molar-refractivity contribution in [1.29, 1.82) is 0 Å². The summed E-state index contributed by atoms with van der Waals surface area (Å²) in [4.78, 5) is 5.40. The Bertz CT molecular complexity index is 513. The topological polar surface area (TPSA) is 24.9 Å². The predicted molar refractivity (Wildman–Crippen MR) is 68.8 cm³/mol. The minimum Gasteiger partial charge on any atom is -0.306 e. The van der Waals surface area contributed by atoms with Crippen molar-refractivity contribution in [3.63, 3.8) is 0 Å². The highest BCUT2D eigenvalue weighted by Gasteiger charge is 2.05. The Balaban J connectivity index is 1.92. The third-order valence-corrected chi connectivity index (χ3v) is 3.50. The summed E-state index contributed by atoms with van der Waals surface area (Å²) in [5.74, 6) is -0.350. The van der Waals surface area contributed by atoms with Crippen molar-refractivity contribution in [2.75, 3.05) is 0 Å². The van der Waals surface area contributed by atoms with Crippen molar-refractivity contribution in [3.05, 3.63) is 50.7 Å². The van der Waals surface area contributed by atoms with E-state index in [4.69, 9.17) is 11.6 Å². The van der Waals surface area contributed by atoms with Gasteiger partial charge in [0.1, 0.15) is 10.8 Å². The summed E-state index contributed by atoms with van der Waals surface area (Å²) in [6.07, 6.45) is 1.83. The van der Waals surface area contributed by atoms with Crippen molar-refractivity contribution >= 4 is 22.9 Å². The van der Waals surface area contributed by atoms with E-state index < -0.39 is 0 Å². The smallest absolute Gasteiger partial charge is 0.146 e. The molecule has 1 heterocycles. The normalized spacial score (nSPS) is 10.8. The van der Waals surface area contributed by atoms with Crippen LogP contribution < -0.4 is 5.32 Å². The summed E-state index contributed by atoms with van der Waals surface area (Å²) in [6.45, 7) is 3.10. The van der Waals surface area contributed by atoms with Crippen LogP contribution in [0.15, 0.2) is 24.4 Å². The maximum atomic E-state index is 13.5. The highest BCUT2D eigenvalue weighted by Crippen LogP contribution is 2.18. The lowest BCUT2D eigenvalue weighted by molar-refractivity contribution is 0.588. The van der Waals surface area contributed by atoms with E-state index in [-0.39, 0.29) is 10.8 Å². The summed E-state index contributed by atoms with van der Waals surface area (Å²) in [5.41, 5.74) is 0.575. The lowest BCUT2D eigenvalue weighted by atomic mass is 10.2. The van der Waals surface area contributed by atoms with Crippen LogP contribution in [0.1, 0.15) is 15.4 Å². The summed E-state index contributed by atoms with van der Waals surface area (Å²) in [6, 6.07) is 5.02. The van der Waals surface area contributed by atoms with Crippen molar-refractivity contribution in [2.45, 2.75) is 20.0 Å². The number of aryl methyl sites for hydroxylation is 1. The molecule has 1 N–H and O–H groups in total. The van der Waals surface area contributed by atoms with Crippen LogP contribution in [0.3, 0.4) is 0 Å². The van der Waals surface area contributed by atoms with E-state index in [0.717, 1.165) is 5.01 Å². The zero-order valence-corrected chi connectivity index (χ0v) is 10.9. The van der Waals surface area contributed by atoms with E-state index in [1.54, 1.807) is 29.5 Å². The van der Waals surface area contributed by atoms with Gasteiger partial charge in [0, 0.05) is 29.7 Å². The van der Waals surface area contributed by atoms with Gasteiger partial charge >= 0.3 is 0 Å². The SMILES string of the molecule is Cc1cnc(CNCc2cccc(Cl)c2F)s1. The molecule has 0 bridgehead atoms. The first kappa shape index (κ1) is 12.5. The molecular weight excluding hydrogens is 259 g/mol. The van der Waals surface area contributed by atoms with E-state index in [1.807, 2.05) is 13.1 Å². The lowest BCUT2D eigenvalue weighted by Gasteiger charge is -2.05. The summed E-state index contributed by atoms with van der Waals surface area (Å²) < 4.78 is 13.5. The van der Waals surface area contributed by atoms with Crippen LogP contribution in [-0.4, -0.2) is 4.98 Å². The van der Waals surface area contributed by atoms with Crippen LogP contribution in [0.25, 0.3) is 0 Å². The molecule has 0 saturated heterocycles. The van der Waals surface area contributed by atoms with Gasteiger partial charge in [0.25, 0.3) is 0 Å². The maximum Gasteiger partial charge on any atom is 0.146 e. The Morgan fingerprint density at radius 1 is 1.41 bits per heavy atom. The van der Waals surface area contributed by atoms with Crippen LogP contribution >= 0.6 is 22.9 Å². The second kappa shape index (κ2) is 5.58. The molecule has 2 nitrogen and oxygen atoms in total. The van der Waals surface area contributed by atoms with E-state index in [0.29, 0.717) is 18.7 Å². The Morgan fingerprint density at radius 2 is 2.24 bits per heavy atom. The zero-order chi connectivity index (χ0) is 12.3. The number of hydrogen-bond donors (Lipinski definition) is 1. The van der Waals surface area contributed by atoms with Crippen LogP contribution in [0.2, 0.25) is 5.02 Å². The molecule has 0 spiro atoms. The molecule has 1 aromatic heterocycles. The molecule has 5 heteroatoms. The van der Waals surface area contributed by atoms with Gasteiger partial charge in [-0.1, -0.05) is 23.7 Å². The van der Waals surface area contributed by atoms with Gasteiger partial charge in [0.05, 0.1) is 5.02 Å². The van der Waals surface area contributed by atoms with Crippen molar-refractivity contribution in [3.8, 4) is 0 Å². The van der Waals surface area contributed by atoms with E-state index in [1.165, 1.54) is 4.88 Å². The Labute approximate surface area is 108 Å². The van der Waals surface area contributed by atoms with Crippen LogP contribution in [0, 0.1) is 12.7 Å². The molecule has 1 aromatic carbocycles. The number of rotatable bonds is 4. The number of benzene rings is 1. The largest absolute Gasteiger partial charge is 0.306 e. The van der Waals surface area contributed by atoms with E-state index >= 15 is 0 Å². The van der Waals surface area contributed by atoms with E-state index in [2.05, 4.69) is 10.3 Å². The molecule has 2 aromatic rings. The first-order valence-electron chi connectivity index (χ1n) is 5.21. The molecule has 17 heavy (non-hydrogen) atoms. The Morgan fingerprint density at radius 3 is 2.94 bits per heavy atom. The fourth-order valence-corrected chi connectivity index (χ4v) is 2.42. The van der Waals surface area contributed by atoms with Crippen molar-refractivity contribution in [1.82, 2.24) is 10.3 Å². The summed E-state index contributed by atoms with van der Waals surface area (Å²) in [5, 5.41) is 4.31. The van der Waals surface area contributed by atoms with Gasteiger partial charge in [-0.15, -0.1) is 11.3 Å². The maximum absolute atomic E-state index is 13.5.